The zero-order chi connectivity index (χ0) is 29.9. The van der Waals surface area contributed by atoms with E-state index in [-0.39, 0.29) is 31.3 Å². The third-order valence-corrected chi connectivity index (χ3v) is 7.02. The van der Waals surface area contributed by atoms with Crippen molar-refractivity contribution in [3.05, 3.63) is 101 Å². The molecule has 8 nitrogen and oxygen atoms in total. The van der Waals surface area contributed by atoms with Gasteiger partial charge < -0.3 is 31.2 Å². The second-order valence-electron chi connectivity index (χ2n) is 10.1. The first-order valence-corrected chi connectivity index (χ1v) is 13.8. The van der Waals surface area contributed by atoms with Crippen LogP contribution >= 0.6 is 0 Å². The number of anilines is 1. The number of aryl methyl sites for hydroxylation is 1. The minimum atomic E-state index is -2.65. The summed E-state index contributed by atoms with van der Waals surface area (Å²) in [5.41, 5.74) is 9.44. The predicted molar refractivity (Wildman–Crippen MR) is 153 cm³/mol. The molecule has 42 heavy (non-hydrogen) atoms. The van der Waals surface area contributed by atoms with Crippen molar-refractivity contribution in [1.82, 2.24) is 10.6 Å². The van der Waals surface area contributed by atoms with Crippen LogP contribution in [0.1, 0.15) is 29.0 Å². The van der Waals surface area contributed by atoms with E-state index < -0.39 is 36.8 Å². The summed E-state index contributed by atoms with van der Waals surface area (Å²) in [4.78, 5) is 24.9. The Morgan fingerprint density at radius 1 is 1.02 bits per heavy atom. The van der Waals surface area contributed by atoms with Gasteiger partial charge in [0, 0.05) is 18.2 Å². The van der Waals surface area contributed by atoms with E-state index in [1.165, 1.54) is 18.2 Å². The third kappa shape index (κ3) is 9.04. The van der Waals surface area contributed by atoms with Crippen LogP contribution in [-0.2, 0) is 20.7 Å². The molecule has 1 heterocycles. The molecule has 0 spiro atoms. The number of rotatable bonds is 12. The van der Waals surface area contributed by atoms with Crippen molar-refractivity contribution in [1.29, 1.82) is 0 Å². The van der Waals surface area contributed by atoms with E-state index in [1.54, 1.807) is 0 Å². The maximum absolute atomic E-state index is 14.2. The number of alkyl halides is 2. The van der Waals surface area contributed by atoms with Crippen molar-refractivity contribution in [3.63, 3.8) is 0 Å². The van der Waals surface area contributed by atoms with E-state index >= 15 is 0 Å². The number of nitrogens with one attached hydrogen (secondary N) is 3. The summed E-state index contributed by atoms with van der Waals surface area (Å²) >= 11 is 0. The van der Waals surface area contributed by atoms with Crippen LogP contribution in [0.5, 0.6) is 0 Å². The maximum Gasteiger partial charge on any atom is 0.407 e. The summed E-state index contributed by atoms with van der Waals surface area (Å²) in [6.45, 7) is -0.112. The molecule has 3 atom stereocenters. The molecular weight excluding hydrogens is 549 g/mol. The lowest BCUT2D eigenvalue weighted by molar-refractivity contribution is -0.117. The van der Waals surface area contributed by atoms with Crippen molar-refractivity contribution in [3.8, 4) is 0 Å². The van der Waals surface area contributed by atoms with Gasteiger partial charge in [0.05, 0.1) is 31.3 Å². The molecule has 1 saturated heterocycles. The van der Waals surface area contributed by atoms with E-state index in [4.69, 9.17) is 15.2 Å². The minimum absolute atomic E-state index is 0.0327. The summed E-state index contributed by atoms with van der Waals surface area (Å²) in [5.74, 6) is -1.20. The first-order valence-electron chi connectivity index (χ1n) is 13.8. The largest absolute Gasteiger partial charge is 0.448 e. The van der Waals surface area contributed by atoms with Crippen LogP contribution in [0.2, 0.25) is 0 Å². The van der Waals surface area contributed by atoms with Gasteiger partial charge in [0.2, 0.25) is 5.91 Å². The lowest BCUT2D eigenvalue weighted by atomic mass is 9.85. The third-order valence-electron chi connectivity index (χ3n) is 7.02. The SMILES string of the molecule is N[C@H](C(=O)Nc1ccc(F)cc1CC[C@@H]1CN[C@H](COC(=O)NCC(F)F)CO1)C(c1ccccc1)c1ccccc1. The Kier molecular flexibility index (Phi) is 11.3. The molecule has 1 fully saturated rings. The molecular formula is C31H35F3N4O4. The number of ether oxygens (including phenoxy) is 2. The van der Waals surface area contributed by atoms with Gasteiger partial charge in [-0.25, -0.2) is 18.0 Å². The molecule has 3 aromatic carbocycles. The number of nitrogens with two attached hydrogens (primary N) is 1. The highest BCUT2D eigenvalue weighted by atomic mass is 19.3. The van der Waals surface area contributed by atoms with E-state index in [1.807, 2.05) is 66.0 Å². The highest BCUT2D eigenvalue weighted by Gasteiger charge is 2.28. The smallest absolute Gasteiger partial charge is 0.407 e. The Labute approximate surface area is 242 Å². The number of alkyl carbamates (subject to hydrolysis) is 1. The van der Waals surface area contributed by atoms with Crippen LogP contribution in [0.15, 0.2) is 78.9 Å². The number of hydrogen-bond acceptors (Lipinski definition) is 6. The van der Waals surface area contributed by atoms with Crippen LogP contribution in [0.3, 0.4) is 0 Å². The van der Waals surface area contributed by atoms with Gasteiger partial charge >= 0.3 is 6.09 Å². The molecule has 0 radical (unpaired) electrons. The second kappa shape index (κ2) is 15.3. The molecule has 0 aromatic heterocycles. The molecule has 0 bridgehead atoms. The summed E-state index contributed by atoms with van der Waals surface area (Å²) in [6.07, 6.45) is -2.82. The van der Waals surface area contributed by atoms with Crippen molar-refractivity contribution in [2.24, 2.45) is 5.73 Å². The number of benzene rings is 3. The topological polar surface area (TPSA) is 115 Å². The van der Waals surface area contributed by atoms with Gasteiger partial charge in [-0.15, -0.1) is 0 Å². The number of amides is 2. The fourth-order valence-corrected chi connectivity index (χ4v) is 4.85. The number of carbonyl (C=O) groups is 2. The summed E-state index contributed by atoms with van der Waals surface area (Å²) < 4.78 is 49.4. The van der Waals surface area contributed by atoms with Crippen LogP contribution < -0.4 is 21.7 Å². The Morgan fingerprint density at radius 3 is 2.29 bits per heavy atom. The molecule has 0 unspecified atom stereocenters. The fourth-order valence-electron chi connectivity index (χ4n) is 4.85. The average molecular weight is 585 g/mol. The fraction of sp³-hybridized carbons (Fsp3) is 0.355. The van der Waals surface area contributed by atoms with Crippen molar-refractivity contribution < 1.29 is 32.2 Å². The quantitative estimate of drug-likeness (QED) is 0.254. The standard InChI is InChI=1S/C31H35F3N4O4/c32-23-12-14-26(38-30(39)29(35)28(20-7-3-1-4-8-20)21-9-5-2-6-10-21)22(15-23)11-13-25-16-36-24(18-41-25)19-42-31(40)37-17-27(33)34/h1-10,12,14-15,24-25,27-29,36H,11,13,16-19,35H2,(H,37,40)(H,38,39)/t24-,25+,29-/m0/s1. The monoisotopic (exact) mass is 584 g/mol. The van der Waals surface area contributed by atoms with E-state index in [0.717, 1.165) is 11.1 Å². The lowest BCUT2D eigenvalue weighted by Gasteiger charge is -2.30. The first kappa shape index (κ1) is 31.0. The Balaban J connectivity index is 1.33. The van der Waals surface area contributed by atoms with E-state index in [9.17, 15) is 22.8 Å². The molecule has 4 rings (SSSR count). The molecule has 3 aromatic rings. The molecule has 0 saturated carbocycles. The normalized spacial score (nSPS) is 17.6. The Morgan fingerprint density at radius 2 is 1.69 bits per heavy atom. The van der Waals surface area contributed by atoms with Crippen molar-refractivity contribution >= 4 is 17.7 Å². The second-order valence-corrected chi connectivity index (χ2v) is 10.1. The predicted octanol–water partition coefficient (Wildman–Crippen LogP) is 4.20. The first-order chi connectivity index (χ1) is 20.3. The average Bonchev–Trinajstić information content (AvgIpc) is 3.00. The number of morpholine rings is 1. The van der Waals surface area contributed by atoms with Gasteiger partial charge in [-0.05, 0) is 47.7 Å². The van der Waals surface area contributed by atoms with Crippen LogP contribution in [-0.4, -0.2) is 62.9 Å². The summed E-state index contributed by atoms with van der Waals surface area (Å²) in [7, 11) is 0. The van der Waals surface area contributed by atoms with Gasteiger partial charge in [0.15, 0.2) is 0 Å². The molecule has 5 N–H and O–H groups in total. The molecule has 1 aliphatic heterocycles. The zero-order valence-electron chi connectivity index (χ0n) is 23.0. The zero-order valence-corrected chi connectivity index (χ0v) is 23.0. The van der Waals surface area contributed by atoms with Crippen LogP contribution in [0.25, 0.3) is 0 Å². The Bertz CT molecular complexity index is 1250. The molecule has 0 aliphatic carbocycles. The van der Waals surface area contributed by atoms with Gasteiger partial charge in [-0.1, -0.05) is 60.7 Å². The van der Waals surface area contributed by atoms with Gasteiger partial charge in [0.25, 0.3) is 6.43 Å². The number of carbonyl (C=O) groups excluding carboxylic acids is 2. The molecule has 11 heteroatoms. The summed E-state index contributed by atoms with van der Waals surface area (Å²) in [6, 6.07) is 22.2. The number of halogens is 3. The maximum atomic E-state index is 14.2. The lowest BCUT2D eigenvalue weighted by Crippen LogP contribution is -2.49. The van der Waals surface area contributed by atoms with Gasteiger partial charge in [0.1, 0.15) is 12.4 Å². The molecule has 1 aliphatic rings. The molecule has 2 amide bonds. The highest BCUT2D eigenvalue weighted by molar-refractivity contribution is 5.96. The van der Waals surface area contributed by atoms with Crippen molar-refractivity contribution in [2.75, 3.05) is 31.6 Å². The van der Waals surface area contributed by atoms with Gasteiger partial charge in [-0.3, -0.25) is 4.79 Å². The van der Waals surface area contributed by atoms with Crippen LogP contribution in [0, 0.1) is 5.82 Å². The van der Waals surface area contributed by atoms with E-state index in [0.29, 0.717) is 30.6 Å². The van der Waals surface area contributed by atoms with Crippen molar-refractivity contribution in [2.45, 2.75) is 43.4 Å². The van der Waals surface area contributed by atoms with Gasteiger partial charge in [-0.2, -0.15) is 0 Å². The highest BCUT2D eigenvalue weighted by Crippen LogP contribution is 2.29. The minimum Gasteiger partial charge on any atom is -0.448 e. The Hall–Kier alpha value is -3.93. The number of hydrogen-bond donors (Lipinski definition) is 4. The molecule has 224 valence electrons. The summed E-state index contributed by atoms with van der Waals surface area (Å²) in [5, 5.41) is 8.09. The van der Waals surface area contributed by atoms with E-state index in [2.05, 4.69) is 10.6 Å². The van der Waals surface area contributed by atoms with Crippen LogP contribution in [0.4, 0.5) is 23.7 Å².